The first-order valence-corrected chi connectivity index (χ1v) is 8.89. The van der Waals surface area contributed by atoms with Gasteiger partial charge in [0, 0.05) is 28.6 Å². The number of allylic oxidation sites excluding steroid dienone is 6. The molecule has 1 aliphatic carbocycles. The molecule has 0 bridgehead atoms. The number of hydrogen-bond acceptors (Lipinski definition) is 4. The van der Waals surface area contributed by atoms with Gasteiger partial charge >= 0.3 is 0 Å². The van der Waals surface area contributed by atoms with Crippen molar-refractivity contribution in [3.63, 3.8) is 0 Å². The number of hydrogen-bond donors (Lipinski definition) is 1. The van der Waals surface area contributed by atoms with Crippen LogP contribution in [0, 0.1) is 0 Å². The number of nitrogens with one attached hydrogen (secondary N) is 1. The van der Waals surface area contributed by atoms with E-state index in [1.54, 1.807) is 4.52 Å². The molecule has 2 heterocycles. The van der Waals surface area contributed by atoms with Gasteiger partial charge < -0.3 is 5.32 Å². The molecule has 130 valence electrons. The van der Waals surface area contributed by atoms with Crippen molar-refractivity contribution in [3.8, 4) is 0 Å². The minimum atomic E-state index is 0.561. The van der Waals surface area contributed by atoms with E-state index in [1.165, 1.54) is 0 Å². The quantitative estimate of drug-likeness (QED) is 0.682. The molecule has 1 N–H and O–H groups in total. The number of aromatic nitrogens is 4. The molecule has 5 nitrogen and oxygen atoms in total. The Labute approximate surface area is 160 Å². The Hall–Kier alpha value is -2.63. The summed E-state index contributed by atoms with van der Waals surface area (Å²) < 4.78 is 1.73. The van der Waals surface area contributed by atoms with Crippen molar-refractivity contribution in [1.82, 2.24) is 19.8 Å². The molecule has 0 saturated heterocycles. The molecule has 0 fully saturated rings. The number of benzene rings is 1. The van der Waals surface area contributed by atoms with Crippen LogP contribution in [0.15, 0.2) is 71.3 Å². The smallest absolute Gasteiger partial charge is 0.178 e. The highest BCUT2D eigenvalue weighted by Gasteiger charge is 2.12. The lowest BCUT2D eigenvalue weighted by molar-refractivity contribution is 0.839. The molecular formula is C19H15Cl2N5. The van der Waals surface area contributed by atoms with Gasteiger partial charge in [0.1, 0.15) is 0 Å². The summed E-state index contributed by atoms with van der Waals surface area (Å²) in [4.78, 5) is 0. The van der Waals surface area contributed by atoms with Gasteiger partial charge in [-0.2, -0.15) is 4.52 Å². The van der Waals surface area contributed by atoms with Crippen molar-refractivity contribution in [2.24, 2.45) is 0 Å². The zero-order chi connectivity index (χ0) is 17.9. The van der Waals surface area contributed by atoms with Crippen molar-refractivity contribution < 1.29 is 0 Å². The lowest BCUT2D eigenvalue weighted by atomic mass is 10.1. The standard InChI is InChI=1S/C19H15Cl2N5/c20-14-6-4-7-15(12-14)22-17-9-10-18-23-24-19(26(18)25-17)11-13-5-2-1-3-8-16(13)21/h1-7,9-10,12H,8,11H2,(H,22,25). The molecule has 0 unspecified atom stereocenters. The molecule has 0 atom stereocenters. The third-order valence-electron chi connectivity index (χ3n) is 3.96. The lowest BCUT2D eigenvalue weighted by Gasteiger charge is -2.07. The maximum atomic E-state index is 6.38. The average Bonchev–Trinajstić information content (AvgIpc) is 2.90. The number of halogens is 2. The van der Waals surface area contributed by atoms with Gasteiger partial charge in [0.25, 0.3) is 0 Å². The Morgan fingerprint density at radius 3 is 2.88 bits per heavy atom. The largest absolute Gasteiger partial charge is 0.339 e. The molecule has 0 radical (unpaired) electrons. The molecule has 0 aliphatic heterocycles. The summed E-state index contributed by atoms with van der Waals surface area (Å²) in [6.45, 7) is 0. The van der Waals surface area contributed by atoms with Gasteiger partial charge in [-0.25, -0.2) is 0 Å². The Morgan fingerprint density at radius 2 is 2.00 bits per heavy atom. The summed E-state index contributed by atoms with van der Waals surface area (Å²) >= 11 is 12.4. The minimum absolute atomic E-state index is 0.561. The molecule has 0 amide bonds. The second-order valence-corrected chi connectivity index (χ2v) is 6.73. The Balaban J connectivity index is 1.64. The normalized spacial score (nSPS) is 14.1. The Bertz CT molecular complexity index is 1050. The van der Waals surface area contributed by atoms with E-state index in [4.69, 9.17) is 23.2 Å². The highest BCUT2D eigenvalue weighted by molar-refractivity contribution is 6.31. The maximum absolute atomic E-state index is 6.38. The van der Waals surface area contributed by atoms with Gasteiger partial charge in [0.15, 0.2) is 17.3 Å². The summed E-state index contributed by atoms with van der Waals surface area (Å²) in [6.07, 6.45) is 9.28. The maximum Gasteiger partial charge on any atom is 0.178 e. The Kier molecular flexibility index (Phi) is 4.73. The van der Waals surface area contributed by atoms with Crippen LogP contribution in [0.3, 0.4) is 0 Å². The van der Waals surface area contributed by atoms with Crippen molar-refractivity contribution in [2.45, 2.75) is 12.8 Å². The molecule has 0 saturated carbocycles. The van der Waals surface area contributed by atoms with Gasteiger partial charge in [0.05, 0.1) is 0 Å². The summed E-state index contributed by atoms with van der Waals surface area (Å²) in [5.74, 6) is 1.41. The Morgan fingerprint density at radius 1 is 1.08 bits per heavy atom. The van der Waals surface area contributed by atoms with E-state index >= 15 is 0 Å². The SMILES string of the molecule is ClC1=C(Cc2nnc3ccc(Nc4cccc(Cl)c4)nn23)C=CC=CC1. The first kappa shape index (κ1) is 16.8. The fourth-order valence-corrected chi connectivity index (χ4v) is 3.10. The van der Waals surface area contributed by atoms with Crippen LogP contribution in [0.1, 0.15) is 12.2 Å². The van der Waals surface area contributed by atoms with Crippen molar-refractivity contribution in [2.75, 3.05) is 5.32 Å². The first-order valence-electron chi connectivity index (χ1n) is 8.14. The first-order chi connectivity index (χ1) is 12.7. The van der Waals surface area contributed by atoms with Crippen LogP contribution in [-0.2, 0) is 6.42 Å². The van der Waals surface area contributed by atoms with Crippen LogP contribution >= 0.6 is 23.2 Å². The van der Waals surface area contributed by atoms with Crippen LogP contribution < -0.4 is 5.32 Å². The molecule has 4 rings (SSSR count). The predicted molar refractivity (Wildman–Crippen MR) is 105 cm³/mol. The van der Waals surface area contributed by atoms with Gasteiger partial charge in [-0.1, -0.05) is 53.6 Å². The number of fused-ring (bicyclic) bond motifs is 1. The number of rotatable bonds is 4. The summed E-state index contributed by atoms with van der Waals surface area (Å²) in [6, 6.07) is 11.2. The van der Waals surface area contributed by atoms with Crippen LogP contribution in [0.2, 0.25) is 5.02 Å². The highest BCUT2D eigenvalue weighted by Crippen LogP contribution is 2.23. The topological polar surface area (TPSA) is 55.1 Å². The van der Waals surface area contributed by atoms with E-state index < -0.39 is 0 Å². The molecule has 2 aromatic heterocycles. The van der Waals surface area contributed by atoms with Gasteiger partial charge in [-0.3, -0.25) is 0 Å². The molecule has 0 spiro atoms. The van der Waals surface area contributed by atoms with E-state index in [-0.39, 0.29) is 0 Å². The van der Waals surface area contributed by atoms with E-state index in [0.717, 1.165) is 28.5 Å². The van der Waals surface area contributed by atoms with E-state index in [2.05, 4.69) is 20.6 Å². The molecule has 3 aromatic rings. The van der Waals surface area contributed by atoms with E-state index in [1.807, 2.05) is 60.7 Å². The zero-order valence-corrected chi connectivity index (χ0v) is 15.2. The van der Waals surface area contributed by atoms with Gasteiger partial charge in [0.2, 0.25) is 0 Å². The fourth-order valence-electron chi connectivity index (χ4n) is 2.69. The fraction of sp³-hybridized carbons (Fsp3) is 0.105. The predicted octanol–water partition coefficient (Wildman–Crippen LogP) is 5.07. The highest BCUT2D eigenvalue weighted by atomic mass is 35.5. The molecule has 1 aromatic carbocycles. The van der Waals surface area contributed by atoms with E-state index in [0.29, 0.717) is 22.9 Å². The van der Waals surface area contributed by atoms with Crippen LogP contribution in [-0.4, -0.2) is 19.8 Å². The van der Waals surface area contributed by atoms with Crippen molar-refractivity contribution in [3.05, 3.63) is 82.2 Å². The van der Waals surface area contributed by atoms with Gasteiger partial charge in [-0.15, -0.1) is 15.3 Å². The van der Waals surface area contributed by atoms with E-state index in [9.17, 15) is 0 Å². The monoisotopic (exact) mass is 383 g/mol. The minimum Gasteiger partial charge on any atom is -0.339 e. The molecule has 7 heteroatoms. The third-order valence-corrected chi connectivity index (χ3v) is 4.60. The number of nitrogens with zero attached hydrogens (tertiary/aromatic N) is 4. The van der Waals surface area contributed by atoms with Crippen molar-refractivity contribution >= 4 is 40.4 Å². The summed E-state index contributed by atoms with van der Waals surface area (Å²) in [7, 11) is 0. The second-order valence-electron chi connectivity index (χ2n) is 5.84. The third kappa shape index (κ3) is 3.64. The number of anilines is 2. The summed E-state index contributed by atoms with van der Waals surface area (Å²) in [5, 5.41) is 17.8. The van der Waals surface area contributed by atoms with Crippen molar-refractivity contribution in [1.29, 1.82) is 0 Å². The second kappa shape index (κ2) is 7.32. The van der Waals surface area contributed by atoms with Crippen LogP contribution in [0.4, 0.5) is 11.5 Å². The summed E-state index contributed by atoms with van der Waals surface area (Å²) in [5.41, 5.74) is 2.56. The van der Waals surface area contributed by atoms with Crippen LogP contribution in [0.5, 0.6) is 0 Å². The zero-order valence-electron chi connectivity index (χ0n) is 13.7. The van der Waals surface area contributed by atoms with Crippen LogP contribution in [0.25, 0.3) is 5.65 Å². The molecule has 26 heavy (non-hydrogen) atoms. The molecule has 1 aliphatic rings. The van der Waals surface area contributed by atoms with Gasteiger partial charge in [-0.05, 0) is 35.9 Å². The average molecular weight is 384 g/mol. The lowest BCUT2D eigenvalue weighted by Crippen LogP contribution is -2.04. The molecular weight excluding hydrogens is 369 g/mol.